The van der Waals surface area contributed by atoms with Gasteiger partial charge in [-0.2, -0.15) is 0 Å². The average molecular weight is 339 g/mol. The van der Waals surface area contributed by atoms with Crippen molar-refractivity contribution in [2.75, 3.05) is 0 Å². The number of hydrogen-bond donors (Lipinski definition) is 0. The largest absolute Gasteiger partial charge is 0.311 e. The summed E-state index contributed by atoms with van der Waals surface area (Å²) in [6.07, 6.45) is 0. The molecule has 26 heavy (non-hydrogen) atoms. The maximum absolute atomic E-state index is 12.8. The summed E-state index contributed by atoms with van der Waals surface area (Å²) in [6.45, 7) is 0. The van der Waals surface area contributed by atoms with Crippen LogP contribution in [0.1, 0.15) is 15.9 Å². The van der Waals surface area contributed by atoms with E-state index >= 15 is 0 Å². The van der Waals surface area contributed by atoms with Crippen molar-refractivity contribution in [1.29, 1.82) is 0 Å². The minimum Gasteiger partial charge on any atom is -0.311 e. The van der Waals surface area contributed by atoms with Crippen molar-refractivity contribution in [1.82, 2.24) is 4.57 Å². The summed E-state index contributed by atoms with van der Waals surface area (Å²) < 4.78 is 1.61. The van der Waals surface area contributed by atoms with E-state index in [-0.39, 0.29) is 11.3 Å². The Labute approximate surface area is 151 Å². The van der Waals surface area contributed by atoms with E-state index in [1.807, 2.05) is 72.8 Å². The molecule has 0 N–H and O–H groups in total. The molecule has 3 aromatic carbocycles. The van der Waals surface area contributed by atoms with Crippen molar-refractivity contribution >= 4 is 16.7 Å². The highest BCUT2D eigenvalue weighted by atomic mass is 16.1. The molecule has 0 atom stereocenters. The van der Waals surface area contributed by atoms with E-state index in [0.717, 1.165) is 22.0 Å². The Morgan fingerprint density at radius 3 is 2.12 bits per heavy atom. The number of hydrogen-bond acceptors (Lipinski definition) is 2. The molecule has 0 spiro atoms. The number of pyridine rings is 1. The van der Waals surface area contributed by atoms with Gasteiger partial charge in [0.25, 0.3) is 5.56 Å². The van der Waals surface area contributed by atoms with Gasteiger partial charge in [0.1, 0.15) is 0 Å². The Morgan fingerprint density at radius 2 is 1.42 bits per heavy atom. The minimum absolute atomic E-state index is 0.0274. The SMILES string of the molecule is Cn1c(=O)cc(-c2ccccc2)c2cc(C(=O)c3ccccc3)ccc21. The molecule has 4 aromatic rings. The molecule has 0 aliphatic carbocycles. The number of aromatic nitrogens is 1. The second-order valence-corrected chi connectivity index (χ2v) is 6.25. The highest BCUT2D eigenvalue weighted by molar-refractivity contribution is 6.11. The van der Waals surface area contributed by atoms with Gasteiger partial charge in [0.2, 0.25) is 0 Å². The number of carbonyl (C=O) groups is 1. The molecule has 0 bridgehead atoms. The van der Waals surface area contributed by atoms with Crippen molar-refractivity contribution in [2.24, 2.45) is 7.05 Å². The summed E-state index contributed by atoms with van der Waals surface area (Å²) in [6, 6.07) is 26.1. The lowest BCUT2D eigenvalue weighted by Gasteiger charge is -2.12. The van der Waals surface area contributed by atoms with Crippen LogP contribution in [0.15, 0.2) is 89.7 Å². The van der Waals surface area contributed by atoms with E-state index < -0.39 is 0 Å². The fraction of sp³-hybridized carbons (Fsp3) is 0.0435. The fourth-order valence-electron chi connectivity index (χ4n) is 3.22. The topological polar surface area (TPSA) is 39.1 Å². The van der Waals surface area contributed by atoms with E-state index in [9.17, 15) is 9.59 Å². The zero-order valence-electron chi connectivity index (χ0n) is 14.3. The fourth-order valence-corrected chi connectivity index (χ4v) is 3.22. The van der Waals surface area contributed by atoms with E-state index in [0.29, 0.717) is 11.1 Å². The maximum atomic E-state index is 12.8. The van der Waals surface area contributed by atoms with Crippen LogP contribution in [0.25, 0.3) is 22.0 Å². The molecule has 3 nitrogen and oxygen atoms in total. The monoisotopic (exact) mass is 339 g/mol. The Balaban J connectivity index is 1.96. The molecule has 0 fully saturated rings. The molecule has 4 rings (SSSR count). The van der Waals surface area contributed by atoms with Crippen LogP contribution in [-0.2, 0) is 7.05 Å². The number of benzene rings is 3. The predicted octanol–water partition coefficient (Wildman–Crippen LogP) is 4.44. The van der Waals surface area contributed by atoms with Crippen LogP contribution in [0.5, 0.6) is 0 Å². The molecule has 0 aliphatic rings. The van der Waals surface area contributed by atoms with Crippen molar-refractivity contribution < 1.29 is 4.79 Å². The first-order valence-corrected chi connectivity index (χ1v) is 8.44. The highest BCUT2D eigenvalue weighted by Gasteiger charge is 2.13. The van der Waals surface area contributed by atoms with Crippen LogP contribution >= 0.6 is 0 Å². The van der Waals surface area contributed by atoms with Crippen molar-refractivity contribution in [3.05, 3.63) is 106 Å². The van der Waals surface area contributed by atoms with Gasteiger partial charge >= 0.3 is 0 Å². The van der Waals surface area contributed by atoms with E-state index in [2.05, 4.69) is 0 Å². The lowest BCUT2D eigenvalue weighted by Crippen LogP contribution is -2.16. The first-order chi connectivity index (χ1) is 12.6. The highest BCUT2D eigenvalue weighted by Crippen LogP contribution is 2.28. The van der Waals surface area contributed by atoms with Gasteiger partial charge in [-0.1, -0.05) is 60.7 Å². The summed E-state index contributed by atoms with van der Waals surface area (Å²) in [4.78, 5) is 25.2. The van der Waals surface area contributed by atoms with Crippen LogP contribution in [0.2, 0.25) is 0 Å². The molecular weight excluding hydrogens is 322 g/mol. The summed E-state index contributed by atoms with van der Waals surface area (Å²) in [5.41, 5.74) is 3.79. The van der Waals surface area contributed by atoms with Crippen molar-refractivity contribution in [3.8, 4) is 11.1 Å². The van der Waals surface area contributed by atoms with Crippen LogP contribution in [0.4, 0.5) is 0 Å². The number of nitrogens with zero attached hydrogens (tertiary/aromatic N) is 1. The Bertz CT molecular complexity index is 1160. The van der Waals surface area contributed by atoms with Crippen molar-refractivity contribution in [3.63, 3.8) is 0 Å². The maximum Gasteiger partial charge on any atom is 0.251 e. The summed E-state index contributed by atoms with van der Waals surface area (Å²) >= 11 is 0. The third-order valence-corrected chi connectivity index (χ3v) is 4.63. The van der Waals surface area contributed by atoms with Gasteiger partial charge < -0.3 is 4.57 Å². The Kier molecular flexibility index (Phi) is 3.98. The average Bonchev–Trinajstić information content (AvgIpc) is 2.71. The molecule has 0 unspecified atom stereocenters. The molecule has 3 heteroatoms. The lowest BCUT2D eigenvalue weighted by atomic mass is 9.96. The smallest absolute Gasteiger partial charge is 0.251 e. The third kappa shape index (κ3) is 2.74. The predicted molar refractivity (Wildman–Crippen MR) is 104 cm³/mol. The van der Waals surface area contributed by atoms with Crippen LogP contribution in [0.3, 0.4) is 0 Å². The van der Waals surface area contributed by atoms with Crippen LogP contribution in [-0.4, -0.2) is 10.4 Å². The number of ketones is 1. The molecule has 0 amide bonds. The Morgan fingerprint density at radius 1 is 0.769 bits per heavy atom. The van der Waals surface area contributed by atoms with Crippen LogP contribution in [0, 0.1) is 0 Å². The quantitative estimate of drug-likeness (QED) is 0.518. The van der Waals surface area contributed by atoms with Gasteiger partial charge in [0.15, 0.2) is 5.78 Å². The van der Waals surface area contributed by atoms with Gasteiger partial charge in [-0.25, -0.2) is 0 Å². The molecule has 0 aliphatic heterocycles. The summed E-state index contributed by atoms with van der Waals surface area (Å²) in [5.74, 6) is -0.0274. The van der Waals surface area contributed by atoms with Crippen LogP contribution < -0.4 is 5.56 Å². The van der Waals surface area contributed by atoms with E-state index in [4.69, 9.17) is 0 Å². The molecule has 1 aromatic heterocycles. The minimum atomic E-state index is -0.0708. The molecular formula is C23H17NO2. The second kappa shape index (κ2) is 6.45. The zero-order chi connectivity index (χ0) is 18.1. The first-order valence-electron chi connectivity index (χ1n) is 8.44. The number of aryl methyl sites for hydroxylation is 1. The normalized spacial score (nSPS) is 10.8. The molecule has 126 valence electrons. The number of carbonyl (C=O) groups excluding carboxylic acids is 1. The first kappa shape index (κ1) is 16.0. The summed E-state index contributed by atoms with van der Waals surface area (Å²) in [7, 11) is 1.75. The van der Waals surface area contributed by atoms with Gasteiger partial charge in [0.05, 0.1) is 5.52 Å². The molecule has 0 saturated heterocycles. The number of fused-ring (bicyclic) bond motifs is 1. The standard InChI is InChI=1S/C23H17NO2/c1-24-21-13-12-18(23(26)17-10-6-3-7-11-17)14-20(21)19(15-22(24)25)16-8-4-2-5-9-16/h2-15H,1H3. The van der Waals surface area contributed by atoms with Gasteiger partial charge in [-0.3, -0.25) is 9.59 Å². The van der Waals surface area contributed by atoms with Crippen molar-refractivity contribution in [2.45, 2.75) is 0 Å². The van der Waals surface area contributed by atoms with E-state index in [1.165, 1.54) is 0 Å². The third-order valence-electron chi connectivity index (χ3n) is 4.63. The zero-order valence-corrected chi connectivity index (χ0v) is 14.3. The summed E-state index contributed by atoms with van der Waals surface area (Å²) in [5, 5.41) is 0.889. The van der Waals surface area contributed by atoms with Gasteiger partial charge in [0, 0.05) is 29.6 Å². The molecule has 1 heterocycles. The van der Waals surface area contributed by atoms with Gasteiger partial charge in [-0.15, -0.1) is 0 Å². The van der Waals surface area contributed by atoms with E-state index in [1.54, 1.807) is 23.7 Å². The lowest BCUT2D eigenvalue weighted by molar-refractivity contribution is 0.103. The Hall–Kier alpha value is -3.46. The van der Waals surface area contributed by atoms with Gasteiger partial charge in [-0.05, 0) is 29.3 Å². The molecule has 0 radical (unpaired) electrons. The number of rotatable bonds is 3. The molecule has 0 saturated carbocycles. The second-order valence-electron chi connectivity index (χ2n) is 6.25.